The molecule has 0 saturated heterocycles. The number of anilines is 3. The molecule has 0 aliphatic carbocycles. The second-order valence-corrected chi connectivity index (χ2v) is 14.9. The van der Waals surface area contributed by atoms with Gasteiger partial charge in [-0.2, -0.15) is 0 Å². The van der Waals surface area contributed by atoms with Crippen molar-refractivity contribution >= 4 is 60.5 Å². The van der Waals surface area contributed by atoms with E-state index in [0.717, 1.165) is 55.5 Å². The standard InChI is InChI=1S/C56H37NO/c1-3-11-38(12-4-1)40-21-23-41(24-22-40)43-29-34-48(35-30-43)57(47-32-27-42(28-33-47)39-13-5-2-6-14-39)49-17-9-16-46(37-49)51-19-10-20-52-53-36-31-45-26-25-44-15-7-8-18-50(44)54(45)56(53)58-55(51)52/h1-37H. The molecule has 1 aromatic heterocycles. The van der Waals surface area contributed by atoms with Crippen molar-refractivity contribution in [1.29, 1.82) is 0 Å². The summed E-state index contributed by atoms with van der Waals surface area (Å²) in [6.07, 6.45) is 0. The van der Waals surface area contributed by atoms with E-state index in [4.69, 9.17) is 4.42 Å². The summed E-state index contributed by atoms with van der Waals surface area (Å²) >= 11 is 0. The zero-order chi connectivity index (χ0) is 38.4. The third-order valence-corrected chi connectivity index (χ3v) is 11.5. The Morgan fingerprint density at radius 3 is 1.38 bits per heavy atom. The first-order chi connectivity index (χ1) is 28.7. The van der Waals surface area contributed by atoms with Gasteiger partial charge >= 0.3 is 0 Å². The molecule has 0 aliphatic rings. The minimum absolute atomic E-state index is 0.900. The Kier molecular flexibility index (Phi) is 8.19. The van der Waals surface area contributed by atoms with Crippen LogP contribution < -0.4 is 4.90 Å². The second-order valence-electron chi connectivity index (χ2n) is 14.9. The third kappa shape index (κ3) is 5.91. The zero-order valence-electron chi connectivity index (χ0n) is 31.7. The van der Waals surface area contributed by atoms with Crippen LogP contribution in [0.15, 0.2) is 229 Å². The molecule has 0 spiro atoms. The van der Waals surface area contributed by atoms with E-state index in [1.54, 1.807) is 0 Å². The summed E-state index contributed by atoms with van der Waals surface area (Å²) in [5.74, 6) is 0. The van der Waals surface area contributed by atoms with Gasteiger partial charge in [-0.25, -0.2) is 0 Å². The summed E-state index contributed by atoms with van der Waals surface area (Å²) in [7, 11) is 0. The molecule has 1 heterocycles. The van der Waals surface area contributed by atoms with Gasteiger partial charge in [-0.1, -0.05) is 182 Å². The fourth-order valence-electron chi connectivity index (χ4n) is 8.55. The second kappa shape index (κ2) is 14.1. The Bertz CT molecular complexity index is 3240. The molecule has 0 radical (unpaired) electrons. The number of hydrogen-bond donors (Lipinski definition) is 0. The molecular weight excluding hydrogens is 703 g/mol. The first-order valence-corrected chi connectivity index (χ1v) is 19.8. The van der Waals surface area contributed by atoms with Gasteiger partial charge in [0.05, 0.1) is 0 Å². The van der Waals surface area contributed by atoms with Crippen molar-refractivity contribution in [2.75, 3.05) is 4.90 Å². The third-order valence-electron chi connectivity index (χ3n) is 11.5. The summed E-state index contributed by atoms with van der Waals surface area (Å²) in [4.78, 5) is 2.35. The van der Waals surface area contributed by atoms with Crippen molar-refractivity contribution < 1.29 is 4.42 Å². The maximum absolute atomic E-state index is 6.96. The summed E-state index contributed by atoms with van der Waals surface area (Å²) in [5, 5.41) is 7.00. The molecular formula is C56H37NO. The van der Waals surface area contributed by atoms with Gasteiger partial charge in [-0.15, -0.1) is 0 Å². The highest BCUT2D eigenvalue weighted by atomic mass is 16.3. The van der Waals surface area contributed by atoms with Crippen molar-refractivity contribution in [1.82, 2.24) is 0 Å². The van der Waals surface area contributed by atoms with E-state index in [2.05, 4.69) is 229 Å². The molecule has 0 unspecified atom stereocenters. The van der Waals surface area contributed by atoms with Gasteiger partial charge in [0.15, 0.2) is 0 Å². The molecule has 10 aromatic carbocycles. The topological polar surface area (TPSA) is 16.4 Å². The van der Waals surface area contributed by atoms with Crippen LogP contribution in [0.25, 0.3) is 88.0 Å². The quantitative estimate of drug-likeness (QED) is 0.151. The van der Waals surface area contributed by atoms with E-state index in [0.29, 0.717) is 0 Å². The minimum Gasteiger partial charge on any atom is -0.455 e. The van der Waals surface area contributed by atoms with Crippen molar-refractivity contribution in [3.8, 4) is 44.5 Å². The summed E-state index contributed by atoms with van der Waals surface area (Å²) in [5.41, 5.74) is 14.4. The predicted octanol–water partition coefficient (Wildman–Crippen LogP) is 16.0. The monoisotopic (exact) mass is 739 g/mol. The fraction of sp³-hybridized carbons (Fsp3) is 0. The molecule has 2 heteroatoms. The molecule has 0 fully saturated rings. The maximum atomic E-state index is 6.96. The van der Waals surface area contributed by atoms with Gasteiger partial charge in [0.1, 0.15) is 11.2 Å². The Morgan fingerprint density at radius 2 is 0.741 bits per heavy atom. The number of para-hydroxylation sites is 1. The number of benzene rings is 10. The molecule has 0 aliphatic heterocycles. The van der Waals surface area contributed by atoms with Crippen LogP contribution in [-0.2, 0) is 0 Å². The normalized spacial score (nSPS) is 11.4. The molecule has 0 bridgehead atoms. The zero-order valence-corrected chi connectivity index (χ0v) is 31.7. The first kappa shape index (κ1) is 33.6. The number of furan rings is 1. The lowest BCUT2D eigenvalue weighted by Crippen LogP contribution is -2.10. The van der Waals surface area contributed by atoms with Crippen LogP contribution in [0.3, 0.4) is 0 Å². The average Bonchev–Trinajstić information content (AvgIpc) is 3.69. The van der Waals surface area contributed by atoms with E-state index >= 15 is 0 Å². The molecule has 272 valence electrons. The fourth-order valence-corrected chi connectivity index (χ4v) is 8.55. The summed E-state index contributed by atoms with van der Waals surface area (Å²) < 4.78 is 6.96. The van der Waals surface area contributed by atoms with Gasteiger partial charge in [0, 0.05) is 38.8 Å². The number of rotatable bonds is 7. The van der Waals surface area contributed by atoms with Crippen molar-refractivity contribution in [3.05, 3.63) is 224 Å². The minimum atomic E-state index is 0.900. The van der Waals surface area contributed by atoms with Crippen LogP contribution in [-0.4, -0.2) is 0 Å². The van der Waals surface area contributed by atoms with Crippen LogP contribution in [0, 0.1) is 0 Å². The van der Waals surface area contributed by atoms with Crippen molar-refractivity contribution in [3.63, 3.8) is 0 Å². The van der Waals surface area contributed by atoms with Gasteiger partial charge in [-0.05, 0) is 97.6 Å². The Morgan fingerprint density at radius 1 is 0.276 bits per heavy atom. The lowest BCUT2D eigenvalue weighted by atomic mass is 9.98. The van der Waals surface area contributed by atoms with Crippen LogP contribution >= 0.6 is 0 Å². The van der Waals surface area contributed by atoms with Crippen molar-refractivity contribution in [2.24, 2.45) is 0 Å². The Balaban J connectivity index is 1.01. The van der Waals surface area contributed by atoms with E-state index in [1.165, 1.54) is 49.5 Å². The smallest absolute Gasteiger partial charge is 0.143 e. The molecule has 11 rings (SSSR count). The lowest BCUT2D eigenvalue weighted by molar-refractivity contribution is 0.674. The van der Waals surface area contributed by atoms with Gasteiger partial charge < -0.3 is 9.32 Å². The molecule has 0 N–H and O–H groups in total. The predicted molar refractivity (Wildman–Crippen MR) is 245 cm³/mol. The van der Waals surface area contributed by atoms with Crippen molar-refractivity contribution in [2.45, 2.75) is 0 Å². The van der Waals surface area contributed by atoms with Crippen LogP contribution in [0.1, 0.15) is 0 Å². The average molecular weight is 740 g/mol. The van der Waals surface area contributed by atoms with Crippen LogP contribution in [0.5, 0.6) is 0 Å². The van der Waals surface area contributed by atoms with Gasteiger partial charge in [-0.3, -0.25) is 0 Å². The van der Waals surface area contributed by atoms with Crippen LogP contribution in [0.2, 0.25) is 0 Å². The molecule has 0 amide bonds. The van der Waals surface area contributed by atoms with Gasteiger partial charge in [0.25, 0.3) is 0 Å². The van der Waals surface area contributed by atoms with Crippen LogP contribution in [0.4, 0.5) is 17.1 Å². The SMILES string of the molecule is c1ccc(-c2ccc(-c3ccc(N(c4ccc(-c5ccccc5)cc4)c4cccc(-c5cccc6c5oc5c6ccc6ccc7ccccc7c65)c4)cc3)cc2)cc1. The molecule has 2 nitrogen and oxygen atoms in total. The molecule has 0 atom stereocenters. The highest BCUT2D eigenvalue weighted by molar-refractivity contribution is 6.24. The highest BCUT2D eigenvalue weighted by Gasteiger charge is 2.18. The van der Waals surface area contributed by atoms with Gasteiger partial charge in [0.2, 0.25) is 0 Å². The number of hydrogen-bond acceptors (Lipinski definition) is 2. The van der Waals surface area contributed by atoms with E-state index in [-0.39, 0.29) is 0 Å². The van der Waals surface area contributed by atoms with E-state index < -0.39 is 0 Å². The first-order valence-electron chi connectivity index (χ1n) is 19.8. The number of fused-ring (bicyclic) bond motifs is 7. The highest BCUT2D eigenvalue weighted by Crippen LogP contribution is 2.43. The lowest BCUT2D eigenvalue weighted by Gasteiger charge is -2.26. The summed E-state index contributed by atoms with van der Waals surface area (Å²) in [6, 6.07) is 80.5. The Labute approximate surface area is 337 Å². The molecule has 11 aromatic rings. The number of nitrogens with zero attached hydrogens (tertiary/aromatic N) is 1. The maximum Gasteiger partial charge on any atom is 0.143 e. The summed E-state index contributed by atoms with van der Waals surface area (Å²) in [6.45, 7) is 0. The Hall–Kier alpha value is -7.68. The molecule has 58 heavy (non-hydrogen) atoms. The van der Waals surface area contributed by atoms with E-state index in [1.807, 2.05) is 0 Å². The van der Waals surface area contributed by atoms with E-state index in [9.17, 15) is 0 Å². The largest absolute Gasteiger partial charge is 0.455 e. The molecule has 0 saturated carbocycles.